The Balaban J connectivity index is 1.61. The second-order valence-electron chi connectivity index (χ2n) is 8.25. The van der Waals surface area contributed by atoms with E-state index in [2.05, 4.69) is 17.2 Å². The molecule has 1 saturated carbocycles. The number of nitrogens with one attached hydrogen (secondary N) is 1. The van der Waals surface area contributed by atoms with Gasteiger partial charge in [-0.25, -0.2) is 4.39 Å². The fraction of sp³-hybridized carbons (Fsp3) is 0.385. The molecular formula is C26H28FNO2. The lowest BCUT2D eigenvalue weighted by molar-refractivity contribution is -0.117. The molecule has 2 aromatic carbocycles. The molecule has 0 spiro atoms. The van der Waals surface area contributed by atoms with Crippen LogP contribution in [0.4, 0.5) is 4.39 Å². The molecule has 0 radical (unpaired) electrons. The van der Waals surface area contributed by atoms with Crippen LogP contribution < -0.4 is 5.32 Å². The summed E-state index contributed by atoms with van der Waals surface area (Å²) in [4.78, 5) is 24.1. The third-order valence-corrected chi connectivity index (χ3v) is 5.91. The Morgan fingerprint density at radius 2 is 1.70 bits per heavy atom. The Morgan fingerprint density at radius 1 is 1.00 bits per heavy atom. The molecule has 0 atom stereocenters. The van der Waals surface area contributed by atoms with Crippen LogP contribution in [-0.4, -0.2) is 18.2 Å². The molecule has 2 aromatic rings. The standard InChI is InChI=1S/C26H28FNO2/c1-20(29)15-18-26(16-5-2-6-17-26)19-28-25(30)23-13-10-21(11-14-23)9-12-22-7-3-4-8-24(22)27/h3-4,7-8,10-11,13-14H,2,5-6,15-19H2,1H3,(H,28,30). The van der Waals surface area contributed by atoms with Crippen molar-refractivity contribution in [2.24, 2.45) is 5.41 Å². The topological polar surface area (TPSA) is 46.2 Å². The first-order valence-corrected chi connectivity index (χ1v) is 10.6. The fourth-order valence-corrected chi connectivity index (χ4v) is 4.03. The van der Waals surface area contributed by atoms with Crippen LogP contribution in [0.15, 0.2) is 48.5 Å². The minimum atomic E-state index is -0.345. The lowest BCUT2D eigenvalue weighted by atomic mass is 9.71. The molecule has 0 aliphatic heterocycles. The number of carbonyl (C=O) groups excluding carboxylic acids is 2. The zero-order chi connectivity index (χ0) is 21.4. The molecule has 1 aliphatic carbocycles. The van der Waals surface area contributed by atoms with Crippen LogP contribution in [0.25, 0.3) is 0 Å². The molecule has 1 amide bonds. The van der Waals surface area contributed by atoms with Gasteiger partial charge in [-0.3, -0.25) is 4.79 Å². The minimum absolute atomic E-state index is 0.0325. The van der Waals surface area contributed by atoms with Gasteiger partial charge < -0.3 is 10.1 Å². The summed E-state index contributed by atoms with van der Waals surface area (Å²) < 4.78 is 13.7. The van der Waals surface area contributed by atoms with Gasteiger partial charge in [0.2, 0.25) is 0 Å². The van der Waals surface area contributed by atoms with Crippen LogP contribution in [0.3, 0.4) is 0 Å². The van der Waals surface area contributed by atoms with Crippen molar-refractivity contribution in [1.82, 2.24) is 5.32 Å². The van der Waals surface area contributed by atoms with Gasteiger partial charge in [0, 0.05) is 24.1 Å². The van der Waals surface area contributed by atoms with E-state index in [1.807, 2.05) is 0 Å². The molecule has 0 aromatic heterocycles. The van der Waals surface area contributed by atoms with Gasteiger partial charge in [-0.2, -0.15) is 0 Å². The Morgan fingerprint density at radius 3 is 2.37 bits per heavy atom. The van der Waals surface area contributed by atoms with Gasteiger partial charge in [0.05, 0.1) is 5.56 Å². The van der Waals surface area contributed by atoms with Crippen molar-refractivity contribution in [2.45, 2.75) is 51.9 Å². The van der Waals surface area contributed by atoms with Gasteiger partial charge in [0.15, 0.2) is 0 Å². The SMILES string of the molecule is CC(=O)CCC1(CNC(=O)c2ccc(C#Cc3ccccc3F)cc2)CCCCC1. The lowest BCUT2D eigenvalue weighted by Crippen LogP contribution is -2.39. The number of rotatable bonds is 6. The molecule has 3 rings (SSSR count). The second kappa shape index (κ2) is 10.2. The first kappa shape index (κ1) is 21.8. The average Bonchev–Trinajstić information content (AvgIpc) is 2.77. The number of hydrogen-bond acceptors (Lipinski definition) is 2. The van der Waals surface area contributed by atoms with Crippen LogP contribution >= 0.6 is 0 Å². The maximum atomic E-state index is 13.7. The number of hydrogen-bond donors (Lipinski definition) is 1. The summed E-state index contributed by atoms with van der Waals surface area (Å²) in [5, 5.41) is 3.08. The molecule has 1 aliphatic rings. The minimum Gasteiger partial charge on any atom is -0.351 e. The predicted molar refractivity (Wildman–Crippen MR) is 117 cm³/mol. The van der Waals surface area contributed by atoms with Crippen molar-refractivity contribution in [3.63, 3.8) is 0 Å². The summed E-state index contributed by atoms with van der Waals surface area (Å²) >= 11 is 0. The molecule has 0 saturated heterocycles. The van der Waals surface area contributed by atoms with Gasteiger partial charge in [-0.15, -0.1) is 0 Å². The van der Waals surface area contributed by atoms with E-state index in [1.165, 1.54) is 12.5 Å². The van der Waals surface area contributed by atoms with E-state index in [9.17, 15) is 14.0 Å². The first-order valence-electron chi connectivity index (χ1n) is 10.6. The zero-order valence-corrected chi connectivity index (χ0v) is 17.5. The summed E-state index contributed by atoms with van der Waals surface area (Å²) in [6.07, 6.45) is 7.08. The summed E-state index contributed by atoms with van der Waals surface area (Å²) in [6, 6.07) is 13.4. The molecule has 0 heterocycles. The van der Waals surface area contributed by atoms with Crippen LogP contribution in [-0.2, 0) is 4.79 Å². The van der Waals surface area contributed by atoms with Gasteiger partial charge in [-0.05, 0) is 68.0 Å². The quantitative estimate of drug-likeness (QED) is 0.665. The van der Waals surface area contributed by atoms with Gasteiger partial charge in [0.25, 0.3) is 5.91 Å². The van der Waals surface area contributed by atoms with Crippen LogP contribution in [0.2, 0.25) is 0 Å². The molecule has 3 nitrogen and oxygen atoms in total. The third kappa shape index (κ3) is 6.03. The molecule has 0 bridgehead atoms. The molecule has 156 valence electrons. The highest BCUT2D eigenvalue weighted by Crippen LogP contribution is 2.39. The molecule has 30 heavy (non-hydrogen) atoms. The zero-order valence-electron chi connectivity index (χ0n) is 17.5. The number of amides is 1. The predicted octanol–water partition coefficient (Wildman–Crippen LogP) is 5.28. The Labute approximate surface area is 178 Å². The van der Waals surface area contributed by atoms with Crippen molar-refractivity contribution in [1.29, 1.82) is 0 Å². The highest BCUT2D eigenvalue weighted by atomic mass is 19.1. The van der Waals surface area contributed by atoms with E-state index in [0.29, 0.717) is 24.1 Å². The van der Waals surface area contributed by atoms with Crippen molar-refractivity contribution in [2.75, 3.05) is 6.54 Å². The highest BCUT2D eigenvalue weighted by Gasteiger charge is 2.32. The van der Waals surface area contributed by atoms with Gasteiger partial charge >= 0.3 is 0 Å². The van der Waals surface area contributed by atoms with E-state index >= 15 is 0 Å². The molecule has 1 fully saturated rings. The van der Waals surface area contributed by atoms with Crippen LogP contribution in [0.5, 0.6) is 0 Å². The molecular weight excluding hydrogens is 377 g/mol. The Hall–Kier alpha value is -2.93. The van der Waals surface area contributed by atoms with Crippen molar-refractivity contribution in [3.8, 4) is 11.8 Å². The maximum absolute atomic E-state index is 13.7. The number of carbonyl (C=O) groups is 2. The van der Waals surface area contributed by atoms with E-state index in [0.717, 1.165) is 37.7 Å². The number of halogens is 1. The Bertz CT molecular complexity index is 947. The van der Waals surface area contributed by atoms with Crippen molar-refractivity contribution in [3.05, 3.63) is 71.0 Å². The normalized spacial score (nSPS) is 15.0. The van der Waals surface area contributed by atoms with Crippen LogP contribution in [0, 0.1) is 23.1 Å². The van der Waals surface area contributed by atoms with Crippen molar-refractivity contribution >= 4 is 11.7 Å². The van der Waals surface area contributed by atoms with Gasteiger partial charge in [0.1, 0.15) is 11.6 Å². The lowest BCUT2D eigenvalue weighted by Gasteiger charge is -2.37. The monoisotopic (exact) mass is 405 g/mol. The Kier molecular flexibility index (Phi) is 7.41. The smallest absolute Gasteiger partial charge is 0.251 e. The summed E-state index contributed by atoms with van der Waals surface area (Å²) in [5.74, 6) is 5.50. The van der Waals surface area contributed by atoms with Gasteiger partial charge in [-0.1, -0.05) is 43.2 Å². The molecule has 4 heteroatoms. The summed E-state index contributed by atoms with van der Waals surface area (Å²) in [6.45, 7) is 2.24. The number of Topliss-reactive ketones (excluding diaryl/α,β-unsaturated/α-hetero) is 1. The fourth-order valence-electron chi connectivity index (χ4n) is 4.03. The molecule has 0 unspecified atom stereocenters. The summed E-state index contributed by atoms with van der Waals surface area (Å²) in [5.41, 5.74) is 1.68. The summed E-state index contributed by atoms with van der Waals surface area (Å²) in [7, 11) is 0. The number of benzene rings is 2. The maximum Gasteiger partial charge on any atom is 0.251 e. The van der Waals surface area contributed by atoms with E-state index in [1.54, 1.807) is 49.4 Å². The van der Waals surface area contributed by atoms with Crippen molar-refractivity contribution < 1.29 is 14.0 Å². The second-order valence-corrected chi connectivity index (χ2v) is 8.25. The van der Waals surface area contributed by atoms with E-state index in [4.69, 9.17) is 0 Å². The van der Waals surface area contributed by atoms with Crippen LogP contribution in [0.1, 0.15) is 73.4 Å². The average molecular weight is 406 g/mol. The molecule has 1 N–H and O–H groups in total. The third-order valence-electron chi connectivity index (χ3n) is 5.91. The largest absolute Gasteiger partial charge is 0.351 e. The number of ketones is 1. The van der Waals surface area contributed by atoms with E-state index < -0.39 is 0 Å². The highest BCUT2D eigenvalue weighted by molar-refractivity contribution is 5.94. The first-order chi connectivity index (χ1) is 14.5. The van der Waals surface area contributed by atoms with E-state index in [-0.39, 0.29) is 22.9 Å².